The maximum absolute atomic E-state index is 10.2. The van der Waals surface area contributed by atoms with Crippen LogP contribution in [-0.4, -0.2) is 10.1 Å². The van der Waals surface area contributed by atoms with Crippen molar-refractivity contribution in [1.82, 2.24) is 4.98 Å². The Morgan fingerprint density at radius 2 is 1.89 bits per heavy atom. The molecule has 18 heavy (non-hydrogen) atoms. The SMILES string of the molecule is CCCCCCCCC(C)C(O)c1cccnc1. The Hall–Kier alpha value is -0.890. The van der Waals surface area contributed by atoms with Gasteiger partial charge in [0.15, 0.2) is 0 Å². The topological polar surface area (TPSA) is 33.1 Å². The van der Waals surface area contributed by atoms with Crippen molar-refractivity contribution in [2.24, 2.45) is 5.92 Å². The van der Waals surface area contributed by atoms with Crippen LogP contribution in [0.4, 0.5) is 0 Å². The monoisotopic (exact) mass is 249 g/mol. The van der Waals surface area contributed by atoms with Gasteiger partial charge in [-0.25, -0.2) is 0 Å². The average Bonchev–Trinajstić information content (AvgIpc) is 2.42. The molecule has 0 bridgehead atoms. The van der Waals surface area contributed by atoms with E-state index in [0.717, 1.165) is 12.0 Å². The Balaban J connectivity index is 2.18. The van der Waals surface area contributed by atoms with Gasteiger partial charge in [-0.05, 0) is 24.0 Å². The molecule has 0 saturated carbocycles. The molecule has 2 heteroatoms. The molecule has 1 rings (SSSR count). The molecule has 0 aliphatic heterocycles. The van der Waals surface area contributed by atoms with Crippen molar-refractivity contribution in [3.8, 4) is 0 Å². The second-order valence-corrected chi connectivity index (χ2v) is 5.26. The molecule has 2 atom stereocenters. The van der Waals surface area contributed by atoms with Gasteiger partial charge in [0.2, 0.25) is 0 Å². The lowest BCUT2D eigenvalue weighted by molar-refractivity contribution is 0.111. The Labute approximate surface area is 111 Å². The Bertz CT molecular complexity index is 299. The summed E-state index contributed by atoms with van der Waals surface area (Å²) < 4.78 is 0. The molecule has 0 radical (unpaired) electrons. The molecule has 102 valence electrons. The van der Waals surface area contributed by atoms with Crippen LogP contribution in [0.25, 0.3) is 0 Å². The van der Waals surface area contributed by atoms with E-state index in [-0.39, 0.29) is 6.10 Å². The van der Waals surface area contributed by atoms with Crippen molar-refractivity contribution >= 4 is 0 Å². The van der Waals surface area contributed by atoms with Crippen molar-refractivity contribution in [2.45, 2.75) is 64.9 Å². The molecular formula is C16H27NO. The molecule has 0 fully saturated rings. The van der Waals surface area contributed by atoms with Gasteiger partial charge in [-0.1, -0.05) is 58.4 Å². The Morgan fingerprint density at radius 3 is 2.56 bits per heavy atom. The maximum Gasteiger partial charge on any atom is 0.0830 e. The summed E-state index contributed by atoms with van der Waals surface area (Å²) in [5.74, 6) is 0.320. The van der Waals surface area contributed by atoms with Crippen LogP contribution in [0, 0.1) is 5.92 Å². The number of rotatable bonds is 9. The third-order valence-electron chi connectivity index (χ3n) is 3.58. The van der Waals surface area contributed by atoms with Crippen molar-refractivity contribution < 1.29 is 5.11 Å². The molecule has 0 spiro atoms. The second-order valence-electron chi connectivity index (χ2n) is 5.26. The molecule has 1 N–H and O–H groups in total. The lowest BCUT2D eigenvalue weighted by Crippen LogP contribution is -2.09. The molecule has 0 aliphatic rings. The maximum atomic E-state index is 10.2. The van der Waals surface area contributed by atoms with E-state index in [1.807, 2.05) is 12.1 Å². The van der Waals surface area contributed by atoms with Crippen molar-refractivity contribution in [1.29, 1.82) is 0 Å². The number of hydrogen-bond acceptors (Lipinski definition) is 2. The highest BCUT2D eigenvalue weighted by Gasteiger charge is 2.15. The molecule has 2 nitrogen and oxygen atoms in total. The number of aliphatic hydroxyl groups excluding tert-OH is 1. The third-order valence-corrected chi connectivity index (χ3v) is 3.58. The minimum absolute atomic E-state index is 0.320. The molecule has 0 amide bonds. The minimum atomic E-state index is -0.366. The molecule has 0 aromatic carbocycles. The van der Waals surface area contributed by atoms with Crippen molar-refractivity contribution in [3.05, 3.63) is 30.1 Å². The first-order chi connectivity index (χ1) is 8.75. The first kappa shape index (κ1) is 15.2. The summed E-state index contributed by atoms with van der Waals surface area (Å²) in [6.07, 6.45) is 12.1. The normalized spacial score (nSPS) is 14.4. The predicted molar refractivity (Wildman–Crippen MR) is 76.4 cm³/mol. The first-order valence-corrected chi connectivity index (χ1v) is 7.33. The van der Waals surface area contributed by atoms with Crippen LogP contribution in [0.1, 0.15) is 70.5 Å². The summed E-state index contributed by atoms with van der Waals surface area (Å²) in [6, 6.07) is 3.84. The molecule has 1 aromatic heterocycles. The van der Waals surface area contributed by atoms with E-state index in [0.29, 0.717) is 5.92 Å². The fourth-order valence-electron chi connectivity index (χ4n) is 2.28. The number of aliphatic hydroxyl groups is 1. The summed E-state index contributed by atoms with van der Waals surface area (Å²) in [7, 11) is 0. The summed E-state index contributed by atoms with van der Waals surface area (Å²) >= 11 is 0. The molecule has 0 saturated heterocycles. The molecular weight excluding hydrogens is 222 g/mol. The summed E-state index contributed by atoms with van der Waals surface area (Å²) in [5, 5.41) is 10.2. The van der Waals surface area contributed by atoms with Gasteiger partial charge in [0, 0.05) is 12.4 Å². The zero-order valence-corrected chi connectivity index (χ0v) is 11.8. The number of unbranched alkanes of at least 4 members (excludes halogenated alkanes) is 5. The highest BCUT2D eigenvalue weighted by molar-refractivity contribution is 5.12. The number of pyridine rings is 1. The molecule has 2 unspecified atom stereocenters. The van der Waals surface area contributed by atoms with Crippen LogP contribution in [0.5, 0.6) is 0 Å². The number of nitrogens with zero attached hydrogens (tertiary/aromatic N) is 1. The Morgan fingerprint density at radius 1 is 1.17 bits per heavy atom. The number of hydrogen-bond donors (Lipinski definition) is 1. The lowest BCUT2D eigenvalue weighted by Gasteiger charge is -2.18. The van der Waals surface area contributed by atoms with E-state index < -0.39 is 0 Å². The summed E-state index contributed by atoms with van der Waals surface area (Å²) in [5.41, 5.74) is 0.941. The van der Waals surface area contributed by atoms with Gasteiger partial charge in [-0.3, -0.25) is 4.98 Å². The number of aromatic nitrogens is 1. The van der Waals surface area contributed by atoms with E-state index in [1.54, 1.807) is 12.4 Å². The fraction of sp³-hybridized carbons (Fsp3) is 0.688. The van der Waals surface area contributed by atoms with Crippen LogP contribution >= 0.6 is 0 Å². The van der Waals surface area contributed by atoms with E-state index in [2.05, 4.69) is 18.8 Å². The van der Waals surface area contributed by atoms with Crippen molar-refractivity contribution in [3.63, 3.8) is 0 Å². The highest BCUT2D eigenvalue weighted by atomic mass is 16.3. The molecule has 1 heterocycles. The standard InChI is InChI=1S/C16H27NO/c1-3-4-5-6-7-8-10-14(2)16(18)15-11-9-12-17-13-15/h9,11-14,16,18H,3-8,10H2,1-2H3. The van der Waals surface area contributed by atoms with Gasteiger partial charge in [0.25, 0.3) is 0 Å². The highest BCUT2D eigenvalue weighted by Crippen LogP contribution is 2.25. The van der Waals surface area contributed by atoms with Gasteiger partial charge >= 0.3 is 0 Å². The van der Waals surface area contributed by atoms with Gasteiger partial charge in [-0.15, -0.1) is 0 Å². The van der Waals surface area contributed by atoms with Crippen molar-refractivity contribution in [2.75, 3.05) is 0 Å². The van der Waals surface area contributed by atoms with E-state index in [1.165, 1.54) is 38.5 Å². The zero-order chi connectivity index (χ0) is 13.2. The summed E-state index contributed by atoms with van der Waals surface area (Å²) in [4.78, 5) is 4.06. The first-order valence-electron chi connectivity index (χ1n) is 7.33. The second kappa shape index (κ2) is 9.09. The average molecular weight is 249 g/mol. The molecule has 0 aliphatic carbocycles. The van der Waals surface area contributed by atoms with E-state index in [4.69, 9.17) is 0 Å². The van der Waals surface area contributed by atoms with Crippen LogP contribution in [0.15, 0.2) is 24.5 Å². The van der Waals surface area contributed by atoms with E-state index >= 15 is 0 Å². The zero-order valence-electron chi connectivity index (χ0n) is 11.8. The largest absolute Gasteiger partial charge is 0.388 e. The lowest BCUT2D eigenvalue weighted by atomic mass is 9.93. The molecule has 1 aromatic rings. The van der Waals surface area contributed by atoms with Gasteiger partial charge in [-0.2, -0.15) is 0 Å². The smallest absolute Gasteiger partial charge is 0.0830 e. The minimum Gasteiger partial charge on any atom is -0.388 e. The van der Waals surface area contributed by atoms with Crippen LogP contribution < -0.4 is 0 Å². The third kappa shape index (κ3) is 5.63. The quantitative estimate of drug-likeness (QED) is 0.654. The summed E-state index contributed by atoms with van der Waals surface area (Å²) in [6.45, 7) is 4.37. The van der Waals surface area contributed by atoms with E-state index in [9.17, 15) is 5.11 Å². The van der Waals surface area contributed by atoms with Crippen LogP contribution in [0.2, 0.25) is 0 Å². The Kier molecular flexibility index (Phi) is 7.66. The predicted octanol–water partition coefficient (Wildman–Crippen LogP) is 4.50. The van der Waals surface area contributed by atoms with Gasteiger partial charge < -0.3 is 5.11 Å². The van der Waals surface area contributed by atoms with Crippen LogP contribution in [-0.2, 0) is 0 Å². The fourth-order valence-corrected chi connectivity index (χ4v) is 2.28. The van der Waals surface area contributed by atoms with Gasteiger partial charge in [0.1, 0.15) is 0 Å². The van der Waals surface area contributed by atoms with Gasteiger partial charge in [0.05, 0.1) is 6.10 Å². The van der Waals surface area contributed by atoms with Crippen LogP contribution in [0.3, 0.4) is 0 Å².